The van der Waals surface area contributed by atoms with E-state index in [1.165, 1.54) is 0 Å². The molecule has 0 saturated heterocycles. The fourth-order valence-corrected chi connectivity index (χ4v) is 2.38. The normalized spacial score (nSPS) is 19.1. The minimum Gasteiger partial charge on any atom is -0.492 e. The fourth-order valence-electron chi connectivity index (χ4n) is 1.88. The molecule has 4 heteroatoms. The lowest BCUT2D eigenvalue weighted by Crippen LogP contribution is -2.17. The molecule has 0 fully saturated rings. The Kier molecular flexibility index (Phi) is 2.95. The van der Waals surface area contributed by atoms with E-state index in [9.17, 15) is 4.79 Å². The van der Waals surface area contributed by atoms with Crippen molar-refractivity contribution in [1.82, 2.24) is 0 Å². The van der Waals surface area contributed by atoms with Crippen LogP contribution in [0.5, 0.6) is 5.75 Å². The fraction of sp³-hybridized carbons (Fsp3) is 0.364. The summed E-state index contributed by atoms with van der Waals surface area (Å²) in [6.45, 7) is 0.591. The molecular formula is C11H11BrO3. The van der Waals surface area contributed by atoms with Gasteiger partial charge in [0.25, 0.3) is 0 Å². The summed E-state index contributed by atoms with van der Waals surface area (Å²) in [7, 11) is 0. The molecule has 2 rings (SSSR count). The van der Waals surface area contributed by atoms with Crippen LogP contribution in [-0.2, 0) is 4.79 Å². The van der Waals surface area contributed by atoms with Gasteiger partial charge in [-0.2, -0.15) is 0 Å². The predicted molar refractivity (Wildman–Crippen MR) is 59.2 cm³/mol. The van der Waals surface area contributed by atoms with Gasteiger partial charge in [0.1, 0.15) is 5.75 Å². The number of rotatable bonds is 2. The van der Waals surface area contributed by atoms with Crippen molar-refractivity contribution in [2.24, 2.45) is 0 Å². The van der Waals surface area contributed by atoms with Gasteiger partial charge in [0.2, 0.25) is 0 Å². The third-order valence-electron chi connectivity index (χ3n) is 2.57. The maximum Gasteiger partial charge on any atom is 0.303 e. The summed E-state index contributed by atoms with van der Waals surface area (Å²) in [5, 5.41) is 8.81. The summed E-state index contributed by atoms with van der Waals surface area (Å²) >= 11 is 3.40. The standard InChI is InChI=1S/C11H11BrO3/c12-9-3-1-2-8-7(6-10(13)14)4-5-15-11(8)9/h1-3,7H,4-6H2,(H,13,14). The molecule has 15 heavy (non-hydrogen) atoms. The minimum absolute atomic E-state index is 0.0729. The van der Waals surface area contributed by atoms with Crippen LogP contribution in [0.1, 0.15) is 24.3 Å². The number of benzene rings is 1. The van der Waals surface area contributed by atoms with E-state index in [4.69, 9.17) is 9.84 Å². The first-order chi connectivity index (χ1) is 7.18. The van der Waals surface area contributed by atoms with Crippen molar-refractivity contribution >= 4 is 21.9 Å². The lowest BCUT2D eigenvalue weighted by Gasteiger charge is -2.25. The van der Waals surface area contributed by atoms with E-state index in [2.05, 4.69) is 15.9 Å². The number of para-hydroxylation sites is 1. The highest BCUT2D eigenvalue weighted by molar-refractivity contribution is 9.10. The first-order valence-electron chi connectivity index (χ1n) is 4.81. The van der Waals surface area contributed by atoms with Gasteiger partial charge in [-0.05, 0) is 34.0 Å². The summed E-state index contributed by atoms with van der Waals surface area (Å²) in [6, 6.07) is 5.75. The molecule has 1 aliphatic heterocycles. The summed E-state index contributed by atoms with van der Waals surface area (Å²) in [4.78, 5) is 10.7. The molecule has 0 radical (unpaired) electrons. The average Bonchev–Trinajstić information content (AvgIpc) is 2.19. The van der Waals surface area contributed by atoms with Crippen LogP contribution in [0, 0.1) is 0 Å². The first kappa shape index (κ1) is 10.5. The van der Waals surface area contributed by atoms with E-state index in [0.717, 1.165) is 22.2 Å². The second-order valence-corrected chi connectivity index (χ2v) is 4.44. The number of halogens is 1. The first-order valence-corrected chi connectivity index (χ1v) is 5.61. The highest BCUT2D eigenvalue weighted by atomic mass is 79.9. The molecule has 1 aromatic carbocycles. The maximum absolute atomic E-state index is 10.7. The molecule has 80 valence electrons. The van der Waals surface area contributed by atoms with Gasteiger partial charge >= 0.3 is 5.97 Å². The Morgan fingerprint density at radius 1 is 1.60 bits per heavy atom. The van der Waals surface area contributed by atoms with Crippen molar-refractivity contribution < 1.29 is 14.6 Å². The van der Waals surface area contributed by atoms with E-state index in [1.54, 1.807) is 0 Å². The Morgan fingerprint density at radius 2 is 2.40 bits per heavy atom. The van der Waals surface area contributed by atoms with Crippen molar-refractivity contribution in [2.45, 2.75) is 18.8 Å². The molecule has 1 unspecified atom stereocenters. The third-order valence-corrected chi connectivity index (χ3v) is 3.20. The van der Waals surface area contributed by atoms with Gasteiger partial charge in [-0.3, -0.25) is 4.79 Å². The SMILES string of the molecule is O=C(O)CC1CCOc2c(Br)cccc21. The average molecular weight is 271 g/mol. The molecule has 3 nitrogen and oxygen atoms in total. The van der Waals surface area contributed by atoms with Crippen molar-refractivity contribution in [2.75, 3.05) is 6.61 Å². The Balaban J connectivity index is 2.34. The molecular weight excluding hydrogens is 260 g/mol. The molecule has 0 bridgehead atoms. The summed E-state index contributed by atoms with van der Waals surface area (Å²) in [5.74, 6) is 0.117. The van der Waals surface area contributed by atoms with Crippen molar-refractivity contribution in [3.63, 3.8) is 0 Å². The number of fused-ring (bicyclic) bond motifs is 1. The number of ether oxygens (including phenoxy) is 1. The van der Waals surface area contributed by atoms with Crippen LogP contribution in [0.2, 0.25) is 0 Å². The quantitative estimate of drug-likeness (QED) is 0.899. The van der Waals surface area contributed by atoms with Gasteiger partial charge < -0.3 is 9.84 Å². The van der Waals surface area contributed by atoms with Crippen molar-refractivity contribution in [3.8, 4) is 5.75 Å². The maximum atomic E-state index is 10.7. The topological polar surface area (TPSA) is 46.5 Å². The van der Waals surface area contributed by atoms with Crippen molar-refractivity contribution in [1.29, 1.82) is 0 Å². The van der Waals surface area contributed by atoms with Crippen LogP contribution < -0.4 is 4.74 Å². The van der Waals surface area contributed by atoms with Crippen LogP contribution in [0.4, 0.5) is 0 Å². The molecule has 0 saturated carbocycles. The lowest BCUT2D eigenvalue weighted by molar-refractivity contribution is -0.137. The Hall–Kier alpha value is -1.03. The number of carbonyl (C=O) groups is 1. The highest BCUT2D eigenvalue weighted by Crippen LogP contribution is 2.40. The van der Waals surface area contributed by atoms with Crippen LogP contribution in [0.15, 0.2) is 22.7 Å². The molecule has 1 aliphatic rings. The van der Waals surface area contributed by atoms with Crippen LogP contribution in [-0.4, -0.2) is 17.7 Å². The number of hydrogen-bond acceptors (Lipinski definition) is 2. The zero-order valence-electron chi connectivity index (χ0n) is 8.07. The van der Waals surface area contributed by atoms with Crippen LogP contribution in [0.25, 0.3) is 0 Å². The number of hydrogen-bond donors (Lipinski definition) is 1. The van der Waals surface area contributed by atoms with E-state index in [0.29, 0.717) is 6.61 Å². The molecule has 1 aromatic rings. The highest BCUT2D eigenvalue weighted by Gasteiger charge is 2.24. The van der Waals surface area contributed by atoms with Gasteiger partial charge in [-0.25, -0.2) is 0 Å². The molecule has 0 aliphatic carbocycles. The van der Waals surface area contributed by atoms with Crippen LogP contribution in [0.3, 0.4) is 0 Å². The third kappa shape index (κ3) is 2.15. The Labute approximate surface area is 96.2 Å². The van der Waals surface area contributed by atoms with E-state index in [1.807, 2.05) is 18.2 Å². The van der Waals surface area contributed by atoms with Gasteiger partial charge in [-0.15, -0.1) is 0 Å². The predicted octanol–water partition coefficient (Wildman–Crippen LogP) is 2.79. The Bertz CT molecular complexity index is 389. The van der Waals surface area contributed by atoms with Gasteiger partial charge in [-0.1, -0.05) is 12.1 Å². The molecule has 1 heterocycles. The number of carboxylic acid groups (broad SMARTS) is 1. The molecule has 0 aromatic heterocycles. The van der Waals surface area contributed by atoms with Gasteiger partial charge in [0.05, 0.1) is 17.5 Å². The lowest BCUT2D eigenvalue weighted by atomic mass is 9.90. The van der Waals surface area contributed by atoms with Crippen LogP contribution >= 0.6 is 15.9 Å². The summed E-state index contributed by atoms with van der Waals surface area (Å²) in [5.41, 5.74) is 0.998. The second kappa shape index (κ2) is 4.23. The summed E-state index contributed by atoms with van der Waals surface area (Å²) in [6.07, 6.45) is 0.947. The van der Waals surface area contributed by atoms with Gasteiger partial charge in [0, 0.05) is 5.92 Å². The summed E-state index contributed by atoms with van der Waals surface area (Å²) < 4.78 is 6.42. The van der Waals surface area contributed by atoms with Crippen molar-refractivity contribution in [3.05, 3.63) is 28.2 Å². The Morgan fingerprint density at radius 3 is 3.13 bits per heavy atom. The zero-order chi connectivity index (χ0) is 10.8. The number of carboxylic acids is 1. The molecule has 0 spiro atoms. The smallest absolute Gasteiger partial charge is 0.303 e. The molecule has 0 amide bonds. The van der Waals surface area contributed by atoms with E-state index < -0.39 is 5.97 Å². The second-order valence-electron chi connectivity index (χ2n) is 3.59. The van der Waals surface area contributed by atoms with E-state index >= 15 is 0 Å². The minimum atomic E-state index is -0.757. The number of aliphatic carboxylic acids is 1. The van der Waals surface area contributed by atoms with Gasteiger partial charge in [0.15, 0.2) is 0 Å². The molecule has 1 atom stereocenters. The van der Waals surface area contributed by atoms with E-state index in [-0.39, 0.29) is 12.3 Å². The monoisotopic (exact) mass is 270 g/mol. The largest absolute Gasteiger partial charge is 0.492 e. The zero-order valence-corrected chi connectivity index (χ0v) is 9.66. The molecule has 1 N–H and O–H groups in total.